The molecule has 0 saturated heterocycles. The molecule has 6 aliphatic rings. The molecule has 0 amide bonds. The van der Waals surface area contributed by atoms with Gasteiger partial charge in [0, 0.05) is 57.6 Å². The Labute approximate surface area is 505 Å². The molecule has 17 rings (SSSR count). The van der Waals surface area contributed by atoms with Crippen LogP contribution in [-0.2, 0) is 0 Å². The van der Waals surface area contributed by atoms with Crippen LogP contribution in [0.3, 0.4) is 0 Å². The van der Waals surface area contributed by atoms with E-state index < -0.39 is 0 Å². The lowest BCUT2D eigenvalue weighted by Crippen LogP contribution is -2.58. The molecule has 0 unspecified atom stereocenters. The molecule has 83 heavy (non-hydrogen) atoms. The summed E-state index contributed by atoms with van der Waals surface area (Å²) in [6, 6.07) is 62.1. The Hall–Kier alpha value is -7.58. The minimum Gasteiger partial charge on any atom is -0.458 e. The number of hydrogen-bond acceptors (Lipinski definition) is 11. The first-order valence-electron chi connectivity index (χ1n) is 28.0. The first kappa shape index (κ1) is 50.0. The summed E-state index contributed by atoms with van der Waals surface area (Å²) in [7, 11) is 0. The maximum Gasteiger partial charge on any atom is 0.281 e. The Kier molecular flexibility index (Phi) is 11.3. The van der Waals surface area contributed by atoms with Gasteiger partial charge in [-0.25, -0.2) is 0 Å². The van der Waals surface area contributed by atoms with E-state index in [1.54, 1.807) is 35.5 Å². The van der Waals surface area contributed by atoms with Gasteiger partial charge in [0.15, 0.2) is 11.5 Å². The number of benzene rings is 9. The second-order valence-electron chi connectivity index (χ2n) is 22.2. The quantitative estimate of drug-likeness (QED) is 0.0882. The molecule has 398 valence electrons. The Morgan fingerprint density at radius 1 is 0.386 bits per heavy atom. The summed E-state index contributed by atoms with van der Waals surface area (Å²) in [4.78, 5) is 5.01. The van der Waals surface area contributed by atoms with Crippen LogP contribution in [-0.4, -0.2) is 38.9 Å². The third-order valence-corrected chi connectivity index (χ3v) is 22.6. The van der Waals surface area contributed by atoms with E-state index in [0.29, 0.717) is 0 Å². The van der Waals surface area contributed by atoms with Crippen molar-refractivity contribution >= 4 is 153 Å². The van der Waals surface area contributed by atoms with Crippen molar-refractivity contribution in [3.05, 3.63) is 192 Å². The zero-order valence-corrected chi connectivity index (χ0v) is 50.5. The van der Waals surface area contributed by atoms with E-state index >= 15 is 0 Å². The van der Waals surface area contributed by atoms with Crippen LogP contribution in [0.1, 0.15) is 22.3 Å². The maximum atomic E-state index is 7.69. The molecule has 8 heterocycles. The number of thioether (sulfide) groups is 2. The summed E-state index contributed by atoms with van der Waals surface area (Å²) in [5.41, 5.74) is 23.2. The molecule has 6 nitrogen and oxygen atoms in total. The first-order valence-corrected chi connectivity index (χ1v) is 33.3. The molecule has 0 aliphatic carbocycles. The number of fused-ring (bicyclic) bond motifs is 14. The normalized spacial score (nSPS) is 13.9. The molecular formula is C69H49B3N2O4S5. The molecule has 0 saturated carbocycles. The molecule has 0 N–H and O–H groups in total. The van der Waals surface area contributed by atoms with E-state index in [1.165, 1.54) is 86.1 Å². The van der Waals surface area contributed by atoms with Crippen molar-refractivity contribution in [2.75, 3.05) is 28.0 Å². The Morgan fingerprint density at radius 2 is 0.831 bits per heavy atom. The van der Waals surface area contributed by atoms with Gasteiger partial charge in [0.1, 0.15) is 34.5 Å². The average Bonchev–Trinajstić information content (AvgIpc) is 3.63. The highest BCUT2D eigenvalue weighted by Crippen LogP contribution is 2.55. The molecule has 6 aliphatic heterocycles. The van der Waals surface area contributed by atoms with Crippen LogP contribution >= 0.6 is 58.1 Å². The van der Waals surface area contributed by atoms with Gasteiger partial charge in [-0.05, 0) is 197 Å². The van der Waals surface area contributed by atoms with Crippen molar-refractivity contribution in [1.82, 2.24) is 0 Å². The summed E-state index contributed by atoms with van der Waals surface area (Å²) >= 11 is 9.14. The topological polar surface area (TPSA) is 43.4 Å². The highest BCUT2D eigenvalue weighted by atomic mass is 32.2. The monoisotopic (exact) mass is 1160 g/mol. The molecule has 0 atom stereocenters. The number of aryl methyl sites for hydroxylation is 4. The summed E-state index contributed by atoms with van der Waals surface area (Å²) < 4.78 is 36.7. The fourth-order valence-corrected chi connectivity index (χ4v) is 19.5. The smallest absolute Gasteiger partial charge is 0.281 e. The van der Waals surface area contributed by atoms with Crippen molar-refractivity contribution in [1.29, 1.82) is 0 Å². The molecule has 2 aromatic heterocycles. The van der Waals surface area contributed by atoms with Crippen molar-refractivity contribution in [3.8, 4) is 79.4 Å². The van der Waals surface area contributed by atoms with Crippen LogP contribution < -0.4 is 74.6 Å². The van der Waals surface area contributed by atoms with E-state index in [9.17, 15) is 0 Å². The number of rotatable bonds is 7. The van der Waals surface area contributed by atoms with Crippen molar-refractivity contribution in [2.24, 2.45) is 0 Å². The summed E-state index contributed by atoms with van der Waals surface area (Å²) in [5, 5.41) is 0. The number of ether oxygens (including phenoxy) is 4. The van der Waals surface area contributed by atoms with Crippen LogP contribution in [0.2, 0.25) is 0 Å². The number of para-hydroxylation sites is 3. The van der Waals surface area contributed by atoms with Gasteiger partial charge in [-0.15, -0.1) is 23.5 Å². The Balaban J connectivity index is 0.966. The number of nitrogens with zero attached hydrogens (tertiary/aromatic N) is 2. The lowest BCUT2D eigenvalue weighted by Gasteiger charge is -2.41. The molecule has 0 radical (unpaired) electrons. The van der Waals surface area contributed by atoms with Gasteiger partial charge < -0.3 is 23.8 Å². The molecule has 11 aromatic rings. The molecule has 0 fully saturated rings. The van der Waals surface area contributed by atoms with Crippen molar-refractivity contribution < 1.29 is 18.9 Å². The Bertz CT molecular complexity index is 4590. The van der Waals surface area contributed by atoms with Crippen molar-refractivity contribution in [2.45, 2.75) is 37.5 Å². The third kappa shape index (κ3) is 7.10. The summed E-state index contributed by atoms with van der Waals surface area (Å²) in [6.45, 7) is 8.36. The molecular weight excluding hydrogens is 1110 g/mol. The maximum absolute atomic E-state index is 7.69. The van der Waals surface area contributed by atoms with E-state index in [0.717, 1.165) is 100 Å². The Morgan fingerprint density at radius 3 is 1.42 bits per heavy atom. The van der Waals surface area contributed by atoms with Gasteiger partial charge in [0.25, 0.3) is 20.1 Å². The standard InChI is InChI=1S/C69H49B3N2O4S5/c1-36-18-15-19-37(2)56(36)40-30-46-59-50(32-40)75-48-26-13-11-24-44(48)70(59)66-62(73(46)43-22-9-8-10-23-43)63-67(82-66)72-60-47(74(63)81-7)31-41(58-54(79-5)28-17-29-55(58)80-6)33-51(60)77-65-64-68(83-69(65)72)71-45-25-12-14-27-49(45)76-52-34-42(35-53(78-64)61(52)71)57-38(3)20-16-21-39(57)4/h8-35H,1-7H3. The van der Waals surface area contributed by atoms with Crippen LogP contribution in [0.5, 0.6) is 46.0 Å². The highest BCUT2D eigenvalue weighted by Gasteiger charge is 2.54. The minimum atomic E-state index is -0.204. The SMILES string of the molecule is CSc1cccc(SC)c1-c1cc2c3c(c1)N(SC)c1c(sc4c1N(c1ccccc1)c1cc(-c5c(C)cccc5C)cc5c1B4c1ccccc1O5)B3c1sc3c(c1O2)Oc1cc(-c2c(C)cccc2C)cc2c1B3c1ccccc1O2. The van der Waals surface area contributed by atoms with Gasteiger partial charge in [-0.3, -0.25) is 4.31 Å². The van der Waals surface area contributed by atoms with Crippen LogP contribution in [0.15, 0.2) is 180 Å². The lowest BCUT2D eigenvalue weighted by atomic mass is 9.36. The third-order valence-electron chi connectivity index (χ3n) is 17.7. The van der Waals surface area contributed by atoms with Gasteiger partial charge in [0.2, 0.25) is 0 Å². The van der Waals surface area contributed by atoms with Crippen LogP contribution in [0, 0.1) is 27.7 Å². The van der Waals surface area contributed by atoms with Gasteiger partial charge >= 0.3 is 0 Å². The fourth-order valence-electron chi connectivity index (χ4n) is 14.3. The summed E-state index contributed by atoms with van der Waals surface area (Å²) in [6.07, 6.45) is 6.60. The van der Waals surface area contributed by atoms with E-state index in [2.05, 4.69) is 226 Å². The highest BCUT2D eigenvalue weighted by molar-refractivity contribution is 8.00. The minimum absolute atomic E-state index is 0.112. The molecule has 0 spiro atoms. The van der Waals surface area contributed by atoms with E-state index in [-0.39, 0.29) is 20.1 Å². The predicted molar refractivity (Wildman–Crippen MR) is 358 cm³/mol. The van der Waals surface area contributed by atoms with E-state index in [4.69, 9.17) is 18.9 Å². The summed E-state index contributed by atoms with van der Waals surface area (Å²) in [5.74, 6) is 6.69. The second-order valence-corrected chi connectivity index (χ2v) is 26.8. The zero-order chi connectivity index (χ0) is 55.7. The van der Waals surface area contributed by atoms with E-state index in [1.807, 2.05) is 22.7 Å². The molecule has 9 aromatic carbocycles. The van der Waals surface area contributed by atoms with Crippen LogP contribution in [0.25, 0.3) is 33.4 Å². The first-order chi connectivity index (χ1) is 40.7. The van der Waals surface area contributed by atoms with Gasteiger partial charge in [-0.1, -0.05) is 97.1 Å². The fraction of sp³-hybridized carbons (Fsp3) is 0.101. The van der Waals surface area contributed by atoms with Gasteiger partial charge in [0.05, 0.1) is 17.1 Å². The number of anilines is 5. The molecule has 0 bridgehead atoms. The molecule has 14 heteroatoms. The zero-order valence-electron chi connectivity index (χ0n) is 46.5. The van der Waals surface area contributed by atoms with Crippen molar-refractivity contribution in [3.63, 3.8) is 0 Å². The van der Waals surface area contributed by atoms with Crippen LogP contribution in [0.4, 0.5) is 28.4 Å². The number of thiophene rings is 2. The predicted octanol–water partition coefficient (Wildman–Crippen LogP) is 14.0. The largest absolute Gasteiger partial charge is 0.458 e. The van der Waals surface area contributed by atoms with Gasteiger partial charge in [-0.2, -0.15) is 22.7 Å². The average molecular weight is 1160 g/mol. The lowest BCUT2D eigenvalue weighted by molar-refractivity contribution is 0.424. The number of hydrogen-bond donors (Lipinski definition) is 0. The second kappa shape index (κ2) is 18.7.